The smallest absolute Gasteiger partial charge is 0.162 e. The largest absolute Gasteiger partial charge is 0.486 e. The molecular formula is C17H26BrNO2. The number of hydrogen-bond donors (Lipinski definition) is 1. The van der Waals surface area contributed by atoms with E-state index in [1.165, 1.54) is 31.2 Å². The molecule has 1 aromatic carbocycles. The molecule has 0 bridgehead atoms. The summed E-state index contributed by atoms with van der Waals surface area (Å²) in [7, 11) is 2.05. The molecule has 4 heteroatoms. The molecular weight excluding hydrogens is 330 g/mol. The van der Waals surface area contributed by atoms with Crippen LogP contribution in [0.5, 0.6) is 11.5 Å². The summed E-state index contributed by atoms with van der Waals surface area (Å²) in [5, 5.41) is 3.51. The van der Waals surface area contributed by atoms with Crippen molar-refractivity contribution in [3.8, 4) is 11.5 Å². The first-order valence-electron chi connectivity index (χ1n) is 7.97. The van der Waals surface area contributed by atoms with Crippen LogP contribution in [0.2, 0.25) is 0 Å². The Balaban J connectivity index is 2.31. The van der Waals surface area contributed by atoms with Crippen LogP contribution in [0.25, 0.3) is 0 Å². The molecule has 1 N–H and O–H groups in total. The zero-order valence-electron chi connectivity index (χ0n) is 13.2. The Kier molecular flexibility index (Phi) is 6.37. The topological polar surface area (TPSA) is 30.5 Å². The fourth-order valence-corrected chi connectivity index (χ4v) is 3.75. The average Bonchev–Trinajstić information content (AvgIpc) is 2.49. The molecule has 1 atom stereocenters. The lowest BCUT2D eigenvalue weighted by atomic mass is 9.86. The average molecular weight is 356 g/mol. The van der Waals surface area contributed by atoms with Crippen LogP contribution in [0.4, 0.5) is 0 Å². The third kappa shape index (κ3) is 3.92. The molecule has 21 heavy (non-hydrogen) atoms. The summed E-state index contributed by atoms with van der Waals surface area (Å²) in [5.41, 5.74) is 1.27. The lowest BCUT2D eigenvalue weighted by Gasteiger charge is -2.29. The monoisotopic (exact) mass is 355 g/mol. The standard InChI is InChI=1S/C17H26BrNO2/c1-4-6-12(7-5-2)17(19-3)13-10-15-16(11-14(13)18)21-9-8-20-15/h10-12,17,19H,4-9H2,1-3H3. The molecule has 0 amide bonds. The SMILES string of the molecule is CCCC(CCC)C(NC)c1cc2c(cc1Br)OCCO2. The zero-order chi connectivity index (χ0) is 15.2. The first-order chi connectivity index (χ1) is 10.2. The Labute approximate surface area is 136 Å². The van der Waals surface area contributed by atoms with Gasteiger partial charge in [0.25, 0.3) is 0 Å². The highest BCUT2D eigenvalue weighted by Crippen LogP contribution is 2.41. The van der Waals surface area contributed by atoms with Crippen molar-refractivity contribution < 1.29 is 9.47 Å². The predicted molar refractivity (Wildman–Crippen MR) is 90.2 cm³/mol. The first-order valence-corrected chi connectivity index (χ1v) is 8.76. The number of ether oxygens (including phenoxy) is 2. The number of rotatable bonds is 7. The van der Waals surface area contributed by atoms with Crippen LogP contribution in [0.3, 0.4) is 0 Å². The lowest BCUT2D eigenvalue weighted by Crippen LogP contribution is -2.26. The van der Waals surface area contributed by atoms with Crippen molar-refractivity contribution >= 4 is 15.9 Å². The molecule has 2 rings (SSSR count). The van der Waals surface area contributed by atoms with E-state index < -0.39 is 0 Å². The summed E-state index contributed by atoms with van der Waals surface area (Å²) in [5.74, 6) is 2.35. The highest BCUT2D eigenvalue weighted by molar-refractivity contribution is 9.10. The van der Waals surface area contributed by atoms with Gasteiger partial charge in [0.15, 0.2) is 11.5 Å². The minimum Gasteiger partial charge on any atom is -0.486 e. The summed E-state index contributed by atoms with van der Waals surface area (Å²) in [4.78, 5) is 0. The molecule has 0 saturated carbocycles. The van der Waals surface area contributed by atoms with Crippen molar-refractivity contribution in [1.82, 2.24) is 5.32 Å². The van der Waals surface area contributed by atoms with E-state index in [2.05, 4.69) is 41.2 Å². The number of nitrogens with one attached hydrogen (secondary N) is 1. The highest BCUT2D eigenvalue weighted by Gasteiger charge is 2.25. The normalized spacial score (nSPS) is 15.3. The maximum absolute atomic E-state index is 5.74. The van der Waals surface area contributed by atoms with Crippen molar-refractivity contribution in [2.24, 2.45) is 5.92 Å². The third-order valence-electron chi connectivity index (χ3n) is 4.10. The fraction of sp³-hybridized carbons (Fsp3) is 0.647. The van der Waals surface area contributed by atoms with Gasteiger partial charge in [-0.1, -0.05) is 42.6 Å². The van der Waals surface area contributed by atoms with Crippen LogP contribution in [0.1, 0.15) is 51.1 Å². The van der Waals surface area contributed by atoms with E-state index >= 15 is 0 Å². The molecule has 1 aromatic rings. The van der Waals surface area contributed by atoms with Gasteiger partial charge < -0.3 is 14.8 Å². The lowest BCUT2D eigenvalue weighted by molar-refractivity contribution is 0.171. The van der Waals surface area contributed by atoms with Crippen molar-refractivity contribution in [3.63, 3.8) is 0 Å². The Bertz CT molecular complexity index is 458. The number of benzene rings is 1. The van der Waals surface area contributed by atoms with E-state index in [-0.39, 0.29) is 0 Å². The van der Waals surface area contributed by atoms with Gasteiger partial charge in [0, 0.05) is 10.5 Å². The Morgan fingerprint density at radius 2 is 1.67 bits per heavy atom. The van der Waals surface area contributed by atoms with Gasteiger partial charge in [-0.25, -0.2) is 0 Å². The van der Waals surface area contributed by atoms with Crippen molar-refractivity contribution in [3.05, 3.63) is 22.2 Å². The zero-order valence-corrected chi connectivity index (χ0v) is 14.8. The van der Waals surface area contributed by atoms with Gasteiger partial charge in [0.1, 0.15) is 13.2 Å². The maximum atomic E-state index is 5.74. The molecule has 0 aliphatic carbocycles. The van der Waals surface area contributed by atoms with E-state index in [4.69, 9.17) is 9.47 Å². The molecule has 0 fully saturated rings. The van der Waals surface area contributed by atoms with Crippen molar-refractivity contribution in [2.75, 3.05) is 20.3 Å². The summed E-state index contributed by atoms with van der Waals surface area (Å²) in [6, 6.07) is 4.52. The van der Waals surface area contributed by atoms with Gasteiger partial charge in [-0.2, -0.15) is 0 Å². The van der Waals surface area contributed by atoms with Gasteiger partial charge in [0.05, 0.1) is 0 Å². The minimum atomic E-state index is 0.343. The van der Waals surface area contributed by atoms with E-state index in [0.717, 1.165) is 16.0 Å². The predicted octanol–water partition coefficient (Wildman–Crippen LogP) is 4.70. The molecule has 1 unspecified atom stereocenters. The molecule has 3 nitrogen and oxygen atoms in total. The molecule has 118 valence electrons. The molecule has 0 radical (unpaired) electrons. The van der Waals surface area contributed by atoms with Crippen LogP contribution < -0.4 is 14.8 Å². The third-order valence-corrected chi connectivity index (χ3v) is 4.78. The summed E-state index contributed by atoms with van der Waals surface area (Å²) >= 11 is 3.71. The summed E-state index contributed by atoms with van der Waals surface area (Å²) in [6.07, 6.45) is 4.90. The van der Waals surface area contributed by atoms with Crippen molar-refractivity contribution in [2.45, 2.75) is 45.6 Å². The van der Waals surface area contributed by atoms with Crippen LogP contribution in [-0.4, -0.2) is 20.3 Å². The molecule has 0 aromatic heterocycles. The Hall–Kier alpha value is -0.740. The van der Waals surface area contributed by atoms with E-state index in [0.29, 0.717) is 25.2 Å². The van der Waals surface area contributed by atoms with Crippen LogP contribution in [0, 0.1) is 5.92 Å². The molecule has 0 spiro atoms. The van der Waals surface area contributed by atoms with E-state index in [1.807, 2.05) is 13.1 Å². The van der Waals surface area contributed by atoms with Gasteiger partial charge >= 0.3 is 0 Å². The summed E-state index contributed by atoms with van der Waals surface area (Å²) in [6.45, 7) is 5.77. The number of fused-ring (bicyclic) bond motifs is 1. The summed E-state index contributed by atoms with van der Waals surface area (Å²) < 4.78 is 12.5. The Morgan fingerprint density at radius 3 is 2.19 bits per heavy atom. The van der Waals surface area contributed by atoms with E-state index in [1.54, 1.807) is 0 Å². The quantitative estimate of drug-likeness (QED) is 0.768. The Morgan fingerprint density at radius 1 is 1.10 bits per heavy atom. The fourth-order valence-electron chi connectivity index (χ4n) is 3.18. The van der Waals surface area contributed by atoms with Gasteiger partial charge in [0.2, 0.25) is 0 Å². The van der Waals surface area contributed by atoms with Gasteiger partial charge in [-0.3, -0.25) is 0 Å². The number of halogens is 1. The second-order valence-electron chi connectivity index (χ2n) is 5.62. The van der Waals surface area contributed by atoms with Crippen molar-refractivity contribution in [1.29, 1.82) is 0 Å². The maximum Gasteiger partial charge on any atom is 0.162 e. The first kappa shape index (κ1) is 16.6. The van der Waals surface area contributed by atoms with Gasteiger partial charge in [-0.05, 0) is 43.5 Å². The second kappa shape index (κ2) is 8.04. The minimum absolute atomic E-state index is 0.343. The van der Waals surface area contributed by atoms with Crippen LogP contribution in [0.15, 0.2) is 16.6 Å². The van der Waals surface area contributed by atoms with Crippen LogP contribution >= 0.6 is 15.9 Å². The van der Waals surface area contributed by atoms with E-state index in [9.17, 15) is 0 Å². The second-order valence-corrected chi connectivity index (χ2v) is 6.48. The highest BCUT2D eigenvalue weighted by atomic mass is 79.9. The molecule has 0 saturated heterocycles. The molecule has 1 heterocycles. The van der Waals surface area contributed by atoms with Crippen LogP contribution in [-0.2, 0) is 0 Å². The molecule has 1 aliphatic heterocycles. The molecule has 1 aliphatic rings. The number of hydrogen-bond acceptors (Lipinski definition) is 3. The van der Waals surface area contributed by atoms with Gasteiger partial charge in [-0.15, -0.1) is 0 Å².